The van der Waals surface area contributed by atoms with Gasteiger partial charge in [0.1, 0.15) is 0 Å². The van der Waals surface area contributed by atoms with E-state index in [0.717, 1.165) is 4.47 Å². The molecule has 2 aromatic rings. The van der Waals surface area contributed by atoms with Crippen LogP contribution in [0.1, 0.15) is 33.6 Å². The van der Waals surface area contributed by atoms with E-state index in [1.807, 2.05) is 0 Å². The van der Waals surface area contributed by atoms with Gasteiger partial charge in [0.15, 0.2) is 5.78 Å². The summed E-state index contributed by atoms with van der Waals surface area (Å²) in [5.74, 6) is -0.270. The van der Waals surface area contributed by atoms with Gasteiger partial charge in [-0.2, -0.15) is 0 Å². The quantitative estimate of drug-likeness (QED) is 0.575. The van der Waals surface area contributed by atoms with E-state index in [1.54, 1.807) is 23.1 Å². The lowest BCUT2D eigenvalue weighted by atomic mass is 10.1. The highest BCUT2D eigenvalue weighted by Gasteiger charge is 2.26. The van der Waals surface area contributed by atoms with Gasteiger partial charge in [-0.05, 0) is 36.8 Å². The summed E-state index contributed by atoms with van der Waals surface area (Å²) in [6.45, 7) is 0.427. The summed E-state index contributed by atoms with van der Waals surface area (Å²) in [6, 6.07) is 10.7. The van der Waals surface area contributed by atoms with Gasteiger partial charge in [-0.3, -0.25) is 19.7 Å². The minimum atomic E-state index is -0.508. The number of hydrogen-bond acceptors (Lipinski definition) is 4. The molecule has 0 saturated heterocycles. The summed E-state index contributed by atoms with van der Waals surface area (Å²) in [4.78, 5) is 36.9. The third kappa shape index (κ3) is 3.07. The van der Waals surface area contributed by atoms with Crippen molar-refractivity contribution in [2.75, 3.05) is 11.4 Å². The highest BCUT2D eigenvalue weighted by Crippen LogP contribution is 2.30. The minimum Gasteiger partial charge on any atom is -0.308 e. The van der Waals surface area contributed by atoms with Gasteiger partial charge < -0.3 is 4.90 Å². The average molecular weight is 389 g/mol. The standard InChI is InChI=1S/C17H13BrN2O4/c18-12-5-8-15-14(10-12)16(21)2-1-9-19(15)17(22)11-3-6-13(7-4-11)20(23)24/h3-8,10H,1-2,9H2. The number of Topliss-reactive ketones (excluding diaryl/α,β-unsaturated/α-hetero) is 1. The van der Waals surface area contributed by atoms with Crippen LogP contribution in [0.2, 0.25) is 0 Å². The molecule has 2 aromatic carbocycles. The van der Waals surface area contributed by atoms with Crippen molar-refractivity contribution in [1.82, 2.24) is 0 Å². The number of non-ortho nitro benzene ring substituents is 1. The summed E-state index contributed by atoms with van der Waals surface area (Å²) < 4.78 is 0.777. The molecular weight excluding hydrogens is 376 g/mol. The minimum absolute atomic E-state index is 0.00491. The number of fused-ring (bicyclic) bond motifs is 1. The van der Waals surface area contributed by atoms with E-state index in [-0.39, 0.29) is 17.4 Å². The molecule has 0 aliphatic carbocycles. The average Bonchev–Trinajstić information content (AvgIpc) is 2.73. The second kappa shape index (κ2) is 6.52. The summed E-state index contributed by atoms with van der Waals surface area (Å²) >= 11 is 3.35. The molecule has 3 rings (SSSR count). The van der Waals surface area contributed by atoms with Gasteiger partial charge in [0, 0.05) is 40.7 Å². The highest BCUT2D eigenvalue weighted by molar-refractivity contribution is 9.10. The molecule has 0 spiro atoms. The topological polar surface area (TPSA) is 80.5 Å². The van der Waals surface area contributed by atoms with Crippen molar-refractivity contribution in [3.63, 3.8) is 0 Å². The van der Waals surface area contributed by atoms with Crippen LogP contribution in [0.3, 0.4) is 0 Å². The van der Waals surface area contributed by atoms with Gasteiger partial charge in [0.2, 0.25) is 0 Å². The second-order valence-corrected chi connectivity index (χ2v) is 6.36. The van der Waals surface area contributed by atoms with E-state index in [9.17, 15) is 19.7 Å². The molecular formula is C17H13BrN2O4. The summed E-state index contributed by atoms with van der Waals surface area (Å²) in [6.07, 6.45) is 0.956. The molecule has 0 saturated carbocycles. The van der Waals surface area contributed by atoms with Gasteiger partial charge in [-0.15, -0.1) is 0 Å². The fourth-order valence-corrected chi connectivity index (χ4v) is 3.07. The van der Waals surface area contributed by atoms with Crippen molar-refractivity contribution in [3.05, 3.63) is 68.2 Å². The van der Waals surface area contributed by atoms with Crippen molar-refractivity contribution < 1.29 is 14.5 Å². The maximum absolute atomic E-state index is 12.8. The fraction of sp³-hybridized carbons (Fsp3) is 0.176. The summed E-state index contributed by atoms with van der Waals surface area (Å²) in [5, 5.41) is 10.7. The Labute approximate surface area is 146 Å². The second-order valence-electron chi connectivity index (χ2n) is 5.45. The predicted octanol–water partition coefficient (Wildman–Crippen LogP) is 3.98. The summed E-state index contributed by atoms with van der Waals surface area (Å²) in [7, 11) is 0. The zero-order valence-corrected chi connectivity index (χ0v) is 14.2. The Morgan fingerprint density at radius 3 is 2.54 bits per heavy atom. The van der Waals surface area contributed by atoms with Crippen LogP contribution in [0.5, 0.6) is 0 Å². The molecule has 0 radical (unpaired) electrons. The Morgan fingerprint density at radius 2 is 1.88 bits per heavy atom. The Bertz CT molecular complexity index is 833. The zero-order valence-electron chi connectivity index (χ0n) is 12.6. The molecule has 0 bridgehead atoms. The van der Waals surface area contributed by atoms with Gasteiger partial charge >= 0.3 is 0 Å². The largest absolute Gasteiger partial charge is 0.308 e. The Morgan fingerprint density at radius 1 is 1.17 bits per heavy atom. The van der Waals surface area contributed by atoms with Crippen LogP contribution in [0.15, 0.2) is 46.9 Å². The molecule has 0 unspecified atom stereocenters. The fourth-order valence-electron chi connectivity index (χ4n) is 2.71. The van der Waals surface area contributed by atoms with Crippen molar-refractivity contribution >= 4 is 39.0 Å². The molecule has 0 atom stereocenters. The number of anilines is 1. The van der Waals surface area contributed by atoms with E-state index in [4.69, 9.17) is 0 Å². The third-order valence-electron chi connectivity index (χ3n) is 3.91. The predicted molar refractivity (Wildman–Crippen MR) is 92.5 cm³/mol. The lowest BCUT2D eigenvalue weighted by Gasteiger charge is -2.22. The molecule has 24 heavy (non-hydrogen) atoms. The van der Waals surface area contributed by atoms with E-state index < -0.39 is 4.92 Å². The highest BCUT2D eigenvalue weighted by atomic mass is 79.9. The first kappa shape index (κ1) is 16.3. The molecule has 122 valence electrons. The van der Waals surface area contributed by atoms with Crippen molar-refractivity contribution in [2.45, 2.75) is 12.8 Å². The van der Waals surface area contributed by atoms with Crippen LogP contribution in [0.25, 0.3) is 0 Å². The Hall–Kier alpha value is -2.54. The van der Waals surface area contributed by atoms with Crippen LogP contribution in [0.4, 0.5) is 11.4 Å². The number of nitro benzene ring substituents is 1. The number of nitrogens with zero attached hydrogens (tertiary/aromatic N) is 2. The number of carbonyl (C=O) groups excluding carboxylic acids is 2. The number of carbonyl (C=O) groups is 2. The van der Waals surface area contributed by atoms with Crippen LogP contribution < -0.4 is 4.90 Å². The third-order valence-corrected chi connectivity index (χ3v) is 4.40. The molecule has 0 aromatic heterocycles. The SMILES string of the molecule is O=C1CCCN(C(=O)c2ccc([N+](=O)[O-])cc2)c2ccc(Br)cc21. The number of amides is 1. The molecule has 1 amide bonds. The lowest BCUT2D eigenvalue weighted by Crippen LogP contribution is -2.31. The van der Waals surface area contributed by atoms with E-state index >= 15 is 0 Å². The first-order chi connectivity index (χ1) is 11.5. The van der Waals surface area contributed by atoms with Gasteiger partial charge in [-0.1, -0.05) is 15.9 Å². The zero-order chi connectivity index (χ0) is 17.3. The monoisotopic (exact) mass is 388 g/mol. The molecule has 0 N–H and O–H groups in total. The first-order valence-electron chi connectivity index (χ1n) is 7.36. The smallest absolute Gasteiger partial charge is 0.269 e. The number of rotatable bonds is 2. The lowest BCUT2D eigenvalue weighted by molar-refractivity contribution is -0.384. The molecule has 7 heteroatoms. The molecule has 0 fully saturated rings. The Kier molecular flexibility index (Phi) is 4.44. The van der Waals surface area contributed by atoms with Crippen molar-refractivity contribution in [3.8, 4) is 0 Å². The number of hydrogen-bond donors (Lipinski definition) is 0. The first-order valence-corrected chi connectivity index (χ1v) is 8.16. The van der Waals surface area contributed by atoms with E-state index in [1.165, 1.54) is 24.3 Å². The maximum Gasteiger partial charge on any atom is 0.269 e. The maximum atomic E-state index is 12.8. The number of benzene rings is 2. The molecule has 1 aliphatic rings. The van der Waals surface area contributed by atoms with Gasteiger partial charge in [0.25, 0.3) is 11.6 Å². The summed E-state index contributed by atoms with van der Waals surface area (Å²) in [5.41, 5.74) is 1.37. The van der Waals surface area contributed by atoms with Crippen molar-refractivity contribution in [1.29, 1.82) is 0 Å². The molecule has 1 heterocycles. The van der Waals surface area contributed by atoms with Gasteiger partial charge in [-0.25, -0.2) is 0 Å². The number of nitro groups is 1. The normalized spacial score (nSPS) is 14.0. The van der Waals surface area contributed by atoms with E-state index in [0.29, 0.717) is 36.2 Å². The van der Waals surface area contributed by atoms with Crippen LogP contribution in [0, 0.1) is 10.1 Å². The van der Waals surface area contributed by atoms with Crippen LogP contribution in [-0.2, 0) is 0 Å². The Balaban J connectivity index is 1.99. The van der Waals surface area contributed by atoms with Gasteiger partial charge in [0.05, 0.1) is 10.6 Å². The van der Waals surface area contributed by atoms with Crippen LogP contribution in [-0.4, -0.2) is 23.2 Å². The molecule has 1 aliphatic heterocycles. The molecule has 6 nitrogen and oxygen atoms in total. The number of ketones is 1. The van der Waals surface area contributed by atoms with Crippen LogP contribution >= 0.6 is 15.9 Å². The van der Waals surface area contributed by atoms with Crippen molar-refractivity contribution in [2.24, 2.45) is 0 Å². The van der Waals surface area contributed by atoms with E-state index in [2.05, 4.69) is 15.9 Å². The number of halogens is 1.